The molecule has 2 amide bonds. The van der Waals surface area contributed by atoms with Crippen molar-refractivity contribution in [3.8, 4) is 5.75 Å². The topological polar surface area (TPSA) is 67.4 Å². The first-order valence-corrected chi connectivity index (χ1v) is 8.41. The first kappa shape index (κ1) is 19.1. The monoisotopic (exact) mass is 380 g/mol. The molecule has 0 saturated carbocycles. The second-order valence-electron chi connectivity index (χ2n) is 5.36. The molecule has 0 saturated heterocycles. The van der Waals surface area contributed by atoms with Crippen LogP contribution in [-0.2, 0) is 9.59 Å². The molecular weight excluding hydrogens is 363 g/mol. The van der Waals surface area contributed by atoms with Crippen LogP contribution in [0.4, 0.5) is 5.69 Å². The third-order valence-electron chi connectivity index (χ3n) is 3.27. The zero-order valence-corrected chi connectivity index (χ0v) is 15.2. The number of hydrogen-bond acceptors (Lipinski definition) is 3. The van der Waals surface area contributed by atoms with Gasteiger partial charge >= 0.3 is 0 Å². The third-order valence-corrected chi connectivity index (χ3v) is 3.83. The standard InChI is InChI=1S/C18H18Cl2N2O3/c1-12-2-5-14(6-3-12)25-9-8-17(23)21-11-18(24)22-16-10-13(19)4-7-15(16)20/h2-7,10H,8-9,11H2,1H3,(H,21,23)(H,22,24). The van der Waals surface area contributed by atoms with Gasteiger partial charge in [0.05, 0.1) is 30.3 Å². The van der Waals surface area contributed by atoms with E-state index in [1.807, 2.05) is 31.2 Å². The quantitative estimate of drug-likeness (QED) is 0.766. The molecule has 7 heteroatoms. The Morgan fingerprint density at radius 1 is 1.04 bits per heavy atom. The molecule has 0 unspecified atom stereocenters. The minimum atomic E-state index is -0.392. The van der Waals surface area contributed by atoms with Gasteiger partial charge in [0.1, 0.15) is 5.75 Å². The van der Waals surface area contributed by atoms with Crippen molar-refractivity contribution in [3.05, 3.63) is 58.1 Å². The van der Waals surface area contributed by atoms with Crippen molar-refractivity contribution in [3.63, 3.8) is 0 Å². The summed E-state index contributed by atoms with van der Waals surface area (Å²) in [5, 5.41) is 5.94. The number of rotatable bonds is 7. The summed E-state index contributed by atoms with van der Waals surface area (Å²) in [5.41, 5.74) is 1.53. The van der Waals surface area contributed by atoms with Gasteiger partial charge in [0.2, 0.25) is 11.8 Å². The van der Waals surface area contributed by atoms with Gasteiger partial charge in [-0.15, -0.1) is 0 Å². The summed E-state index contributed by atoms with van der Waals surface area (Å²) < 4.78 is 5.47. The molecule has 0 heterocycles. The number of anilines is 1. The molecule has 0 bridgehead atoms. The molecule has 25 heavy (non-hydrogen) atoms. The number of ether oxygens (including phenoxy) is 1. The molecule has 2 aromatic carbocycles. The number of nitrogens with one attached hydrogen (secondary N) is 2. The van der Waals surface area contributed by atoms with E-state index in [0.717, 1.165) is 5.56 Å². The molecule has 132 valence electrons. The van der Waals surface area contributed by atoms with Crippen molar-refractivity contribution >= 4 is 40.7 Å². The highest BCUT2D eigenvalue weighted by atomic mass is 35.5. The van der Waals surface area contributed by atoms with Crippen LogP contribution < -0.4 is 15.4 Å². The van der Waals surface area contributed by atoms with Gasteiger partial charge in [-0.2, -0.15) is 0 Å². The van der Waals surface area contributed by atoms with Crippen LogP contribution in [0, 0.1) is 6.92 Å². The highest BCUT2D eigenvalue weighted by Gasteiger charge is 2.09. The molecule has 0 aliphatic rings. The number of aryl methyl sites for hydroxylation is 1. The molecule has 0 aromatic heterocycles. The van der Waals surface area contributed by atoms with E-state index in [0.29, 0.717) is 21.5 Å². The first-order chi connectivity index (χ1) is 11.9. The van der Waals surface area contributed by atoms with Crippen molar-refractivity contribution in [2.45, 2.75) is 13.3 Å². The van der Waals surface area contributed by atoms with E-state index in [9.17, 15) is 9.59 Å². The number of amides is 2. The second kappa shape index (κ2) is 9.30. The first-order valence-electron chi connectivity index (χ1n) is 7.65. The fourth-order valence-corrected chi connectivity index (χ4v) is 2.29. The van der Waals surface area contributed by atoms with Crippen LogP contribution in [0.3, 0.4) is 0 Å². The van der Waals surface area contributed by atoms with Crippen LogP contribution in [0.2, 0.25) is 10.0 Å². The Labute approximate surface area is 156 Å². The smallest absolute Gasteiger partial charge is 0.243 e. The van der Waals surface area contributed by atoms with Gasteiger partial charge in [0.15, 0.2) is 0 Å². The number of carbonyl (C=O) groups is 2. The average molecular weight is 381 g/mol. The minimum absolute atomic E-state index is 0.152. The Hall–Kier alpha value is -2.24. The fourth-order valence-electron chi connectivity index (χ4n) is 1.95. The summed E-state index contributed by atoms with van der Waals surface area (Å²) in [6.45, 7) is 2.06. The molecule has 0 fully saturated rings. The minimum Gasteiger partial charge on any atom is -0.493 e. The number of hydrogen-bond donors (Lipinski definition) is 2. The van der Waals surface area contributed by atoms with E-state index < -0.39 is 5.91 Å². The van der Waals surface area contributed by atoms with Gasteiger partial charge in [-0.1, -0.05) is 40.9 Å². The molecule has 5 nitrogen and oxygen atoms in total. The Morgan fingerprint density at radius 2 is 1.76 bits per heavy atom. The number of halogens is 2. The Balaban J connectivity index is 1.69. The Kier molecular flexibility index (Phi) is 7.10. The Morgan fingerprint density at radius 3 is 2.48 bits per heavy atom. The SMILES string of the molecule is Cc1ccc(OCCC(=O)NCC(=O)Nc2cc(Cl)ccc2Cl)cc1. The highest BCUT2D eigenvalue weighted by molar-refractivity contribution is 6.35. The van der Waals surface area contributed by atoms with Gasteiger partial charge in [-0.25, -0.2) is 0 Å². The van der Waals surface area contributed by atoms with Crippen molar-refractivity contribution in [2.24, 2.45) is 0 Å². The van der Waals surface area contributed by atoms with Crippen molar-refractivity contribution in [2.75, 3.05) is 18.5 Å². The van der Waals surface area contributed by atoms with Crippen LogP contribution >= 0.6 is 23.2 Å². The number of benzene rings is 2. The summed E-state index contributed by atoms with van der Waals surface area (Å²) >= 11 is 11.8. The molecule has 2 aromatic rings. The molecule has 0 spiro atoms. The summed E-state index contributed by atoms with van der Waals surface area (Å²) in [7, 11) is 0. The maximum absolute atomic E-state index is 11.8. The van der Waals surface area contributed by atoms with Crippen molar-refractivity contribution in [1.29, 1.82) is 0 Å². The van der Waals surface area contributed by atoms with Crippen LogP contribution in [0.5, 0.6) is 5.75 Å². The summed E-state index contributed by atoms with van der Waals surface area (Å²) in [4.78, 5) is 23.6. The molecule has 0 atom stereocenters. The third kappa shape index (κ3) is 6.64. The van der Waals surface area contributed by atoms with Crippen LogP contribution in [0.1, 0.15) is 12.0 Å². The van der Waals surface area contributed by atoms with E-state index in [4.69, 9.17) is 27.9 Å². The second-order valence-corrected chi connectivity index (χ2v) is 6.20. The van der Waals surface area contributed by atoms with Gasteiger partial charge in [-0.3, -0.25) is 9.59 Å². The van der Waals surface area contributed by atoms with E-state index in [1.54, 1.807) is 18.2 Å². The number of carbonyl (C=O) groups excluding carboxylic acids is 2. The predicted octanol–water partition coefficient (Wildman–Crippen LogP) is 3.83. The summed E-state index contributed by atoms with van der Waals surface area (Å²) in [5.74, 6) is 0.0307. The van der Waals surface area contributed by atoms with Gasteiger partial charge < -0.3 is 15.4 Å². The van der Waals surface area contributed by atoms with Gasteiger partial charge in [-0.05, 0) is 37.3 Å². The predicted molar refractivity (Wildman–Crippen MR) is 99.4 cm³/mol. The van der Waals surface area contributed by atoms with E-state index >= 15 is 0 Å². The molecule has 0 radical (unpaired) electrons. The lowest BCUT2D eigenvalue weighted by molar-refractivity contribution is -0.124. The molecule has 2 N–H and O–H groups in total. The lowest BCUT2D eigenvalue weighted by Gasteiger charge is -2.09. The normalized spacial score (nSPS) is 10.2. The van der Waals surface area contributed by atoms with Crippen LogP contribution in [-0.4, -0.2) is 25.0 Å². The maximum Gasteiger partial charge on any atom is 0.243 e. The maximum atomic E-state index is 11.8. The van der Waals surface area contributed by atoms with E-state index in [1.165, 1.54) is 0 Å². The van der Waals surface area contributed by atoms with Crippen molar-refractivity contribution in [1.82, 2.24) is 5.32 Å². The van der Waals surface area contributed by atoms with E-state index in [-0.39, 0.29) is 25.5 Å². The van der Waals surface area contributed by atoms with Crippen LogP contribution in [0.15, 0.2) is 42.5 Å². The van der Waals surface area contributed by atoms with Crippen LogP contribution in [0.25, 0.3) is 0 Å². The van der Waals surface area contributed by atoms with Gasteiger partial charge in [0, 0.05) is 5.02 Å². The van der Waals surface area contributed by atoms with Crippen molar-refractivity contribution < 1.29 is 14.3 Å². The molecule has 0 aliphatic heterocycles. The molecule has 0 aliphatic carbocycles. The summed E-state index contributed by atoms with van der Waals surface area (Å²) in [6, 6.07) is 12.3. The molecular formula is C18H18Cl2N2O3. The zero-order chi connectivity index (χ0) is 18.2. The fraction of sp³-hybridized carbons (Fsp3) is 0.222. The molecule has 2 rings (SSSR count). The lowest BCUT2D eigenvalue weighted by atomic mass is 10.2. The van der Waals surface area contributed by atoms with E-state index in [2.05, 4.69) is 10.6 Å². The lowest BCUT2D eigenvalue weighted by Crippen LogP contribution is -2.33. The highest BCUT2D eigenvalue weighted by Crippen LogP contribution is 2.25. The Bertz CT molecular complexity index is 748. The summed E-state index contributed by atoms with van der Waals surface area (Å²) in [6.07, 6.45) is 0.152. The van der Waals surface area contributed by atoms with Gasteiger partial charge in [0.25, 0.3) is 0 Å². The largest absolute Gasteiger partial charge is 0.493 e. The zero-order valence-electron chi connectivity index (χ0n) is 13.6. The average Bonchev–Trinajstić information content (AvgIpc) is 2.58.